The Bertz CT molecular complexity index is 598. The maximum Gasteiger partial charge on any atom is 0.256 e. The van der Waals surface area contributed by atoms with E-state index in [1.807, 2.05) is 6.07 Å². The van der Waals surface area contributed by atoms with Gasteiger partial charge in [0.15, 0.2) is 0 Å². The van der Waals surface area contributed by atoms with Crippen LogP contribution in [0.25, 0.3) is 0 Å². The number of hydrogen-bond donors (Lipinski definition) is 0. The van der Waals surface area contributed by atoms with Crippen molar-refractivity contribution in [2.24, 2.45) is 0 Å². The van der Waals surface area contributed by atoms with Gasteiger partial charge in [-0.3, -0.25) is 0 Å². The minimum absolute atomic E-state index is 0.00278. The molecule has 0 aliphatic rings. The number of halogens is 2. The van der Waals surface area contributed by atoms with Crippen LogP contribution < -0.4 is 4.74 Å². The summed E-state index contributed by atoms with van der Waals surface area (Å²) in [6.45, 7) is 0. The van der Waals surface area contributed by atoms with Crippen LogP contribution in [0.5, 0.6) is 11.6 Å². The highest BCUT2D eigenvalue weighted by Gasteiger charge is 2.08. The molecule has 17 heavy (non-hydrogen) atoms. The fraction of sp³-hybridized carbons (Fsp3) is 0. The van der Waals surface area contributed by atoms with Gasteiger partial charge in [0.05, 0.1) is 5.02 Å². The lowest BCUT2D eigenvalue weighted by atomic mass is 10.3. The fourth-order valence-corrected chi connectivity index (χ4v) is 1.25. The molecule has 2 rings (SSSR count). The SMILES string of the molecule is N#Cc1nccnc1Oc1ccc(Cl)c(F)c1. The zero-order valence-corrected chi connectivity index (χ0v) is 9.15. The van der Waals surface area contributed by atoms with Crippen LogP contribution in [0.4, 0.5) is 4.39 Å². The van der Waals surface area contributed by atoms with Crippen molar-refractivity contribution < 1.29 is 9.13 Å². The molecule has 0 atom stereocenters. The molecule has 1 heterocycles. The highest BCUT2D eigenvalue weighted by atomic mass is 35.5. The van der Waals surface area contributed by atoms with E-state index in [1.165, 1.54) is 24.5 Å². The minimum Gasteiger partial charge on any atom is -0.436 e. The largest absolute Gasteiger partial charge is 0.436 e. The first-order valence-electron chi connectivity index (χ1n) is 4.54. The van der Waals surface area contributed by atoms with Crippen molar-refractivity contribution in [2.75, 3.05) is 0 Å². The van der Waals surface area contributed by atoms with Gasteiger partial charge >= 0.3 is 0 Å². The second kappa shape index (κ2) is 4.76. The molecule has 0 saturated carbocycles. The second-order valence-corrected chi connectivity index (χ2v) is 3.41. The Kier molecular flexibility index (Phi) is 3.17. The van der Waals surface area contributed by atoms with Crippen molar-refractivity contribution in [3.05, 3.63) is 47.1 Å². The standard InChI is InChI=1S/C11H5ClFN3O/c12-8-2-1-7(5-9(8)13)17-11-10(6-14)15-3-4-16-11/h1-5H. The molecule has 0 N–H and O–H groups in total. The number of nitrogens with zero attached hydrogens (tertiary/aromatic N) is 3. The summed E-state index contributed by atoms with van der Waals surface area (Å²) in [5.74, 6) is -0.382. The maximum atomic E-state index is 13.2. The van der Waals surface area contributed by atoms with E-state index in [-0.39, 0.29) is 22.3 Å². The molecule has 0 saturated heterocycles. The summed E-state index contributed by atoms with van der Waals surface area (Å²) in [4.78, 5) is 7.60. The normalized spacial score (nSPS) is 9.71. The van der Waals surface area contributed by atoms with Gasteiger partial charge in [0.2, 0.25) is 5.69 Å². The number of hydrogen-bond acceptors (Lipinski definition) is 4. The van der Waals surface area contributed by atoms with Crippen molar-refractivity contribution in [1.29, 1.82) is 5.26 Å². The fourth-order valence-electron chi connectivity index (χ4n) is 1.13. The third-order valence-electron chi connectivity index (χ3n) is 1.88. The van der Waals surface area contributed by atoms with E-state index in [4.69, 9.17) is 21.6 Å². The van der Waals surface area contributed by atoms with Crippen LogP contribution in [0.15, 0.2) is 30.6 Å². The van der Waals surface area contributed by atoms with Crippen LogP contribution in [-0.2, 0) is 0 Å². The third-order valence-corrected chi connectivity index (χ3v) is 2.18. The molecule has 4 nitrogen and oxygen atoms in total. The Labute approximate surface area is 101 Å². The first-order chi connectivity index (χ1) is 8.20. The molecule has 6 heteroatoms. The van der Waals surface area contributed by atoms with E-state index in [0.717, 1.165) is 6.07 Å². The Morgan fingerprint density at radius 2 is 2.06 bits per heavy atom. The van der Waals surface area contributed by atoms with Crippen LogP contribution in [0.3, 0.4) is 0 Å². The zero-order valence-electron chi connectivity index (χ0n) is 8.39. The lowest BCUT2D eigenvalue weighted by molar-refractivity contribution is 0.453. The smallest absolute Gasteiger partial charge is 0.256 e. The number of aromatic nitrogens is 2. The van der Waals surface area contributed by atoms with Gasteiger partial charge in [0.1, 0.15) is 17.6 Å². The molecule has 0 bridgehead atoms. The predicted molar refractivity (Wildman–Crippen MR) is 58.2 cm³/mol. The average Bonchev–Trinajstić information content (AvgIpc) is 2.34. The molecule has 1 aromatic carbocycles. The van der Waals surface area contributed by atoms with E-state index >= 15 is 0 Å². The van der Waals surface area contributed by atoms with Gasteiger partial charge in [-0.15, -0.1) is 0 Å². The van der Waals surface area contributed by atoms with Crippen molar-refractivity contribution in [3.8, 4) is 17.7 Å². The van der Waals surface area contributed by atoms with E-state index in [2.05, 4.69) is 9.97 Å². The van der Waals surface area contributed by atoms with E-state index in [1.54, 1.807) is 0 Å². The van der Waals surface area contributed by atoms with Gasteiger partial charge in [0.25, 0.3) is 5.88 Å². The topological polar surface area (TPSA) is 58.8 Å². The average molecular weight is 250 g/mol. The Morgan fingerprint density at radius 1 is 1.29 bits per heavy atom. The van der Waals surface area contributed by atoms with Crippen molar-refractivity contribution in [1.82, 2.24) is 9.97 Å². The number of ether oxygens (including phenoxy) is 1. The van der Waals surface area contributed by atoms with E-state index < -0.39 is 5.82 Å². The Morgan fingerprint density at radius 3 is 2.76 bits per heavy atom. The summed E-state index contributed by atoms with van der Waals surface area (Å²) in [5.41, 5.74) is 0.0304. The zero-order chi connectivity index (χ0) is 12.3. The molecule has 2 aromatic rings. The van der Waals surface area contributed by atoms with Crippen LogP contribution in [-0.4, -0.2) is 9.97 Å². The third kappa shape index (κ3) is 2.49. The molecule has 0 aliphatic carbocycles. The monoisotopic (exact) mass is 249 g/mol. The number of nitriles is 1. The molecule has 0 radical (unpaired) electrons. The molecule has 0 unspecified atom stereocenters. The first-order valence-corrected chi connectivity index (χ1v) is 4.92. The van der Waals surface area contributed by atoms with Gasteiger partial charge < -0.3 is 4.74 Å². The summed E-state index contributed by atoms with van der Waals surface area (Å²) < 4.78 is 18.4. The molecular weight excluding hydrogens is 245 g/mol. The van der Waals surface area contributed by atoms with Crippen LogP contribution in [0.2, 0.25) is 5.02 Å². The first kappa shape index (κ1) is 11.3. The molecule has 0 spiro atoms. The second-order valence-electron chi connectivity index (χ2n) is 3.00. The van der Waals surface area contributed by atoms with Gasteiger partial charge in [-0.25, -0.2) is 14.4 Å². The summed E-state index contributed by atoms with van der Waals surface area (Å²) in [6, 6.07) is 5.76. The molecule has 1 aromatic heterocycles. The molecule has 0 aliphatic heterocycles. The summed E-state index contributed by atoms with van der Waals surface area (Å²) in [6.07, 6.45) is 2.75. The van der Waals surface area contributed by atoms with Crippen molar-refractivity contribution in [2.45, 2.75) is 0 Å². The Balaban J connectivity index is 2.32. The van der Waals surface area contributed by atoms with Gasteiger partial charge in [-0.1, -0.05) is 11.6 Å². The molecule has 0 fully saturated rings. The number of benzene rings is 1. The quantitative estimate of drug-likeness (QED) is 0.821. The van der Waals surface area contributed by atoms with Crippen molar-refractivity contribution >= 4 is 11.6 Å². The summed E-state index contributed by atoms with van der Waals surface area (Å²) in [7, 11) is 0. The summed E-state index contributed by atoms with van der Waals surface area (Å²) >= 11 is 5.53. The molecule has 84 valence electrons. The van der Waals surface area contributed by atoms with Gasteiger partial charge in [0, 0.05) is 18.5 Å². The number of rotatable bonds is 2. The van der Waals surface area contributed by atoms with E-state index in [9.17, 15) is 4.39 Å². The summed E-state index contributed by atoms with van der Waals surface area (Å²) in [5, 5.41) is 8.76. The van der Waals surface area contributed by atoms with Crippen LogP contribution in [0, 0.1) is 17.1 Å². The van der Waals surface area contributed by atoms with Crippen LogP contribution in [0.1, 0.15) is 5.69 Å². The predicted octanol–water partition coefficient (Wildman–Crippen LogP) is 2.93. The molecule has 0 amide bonds. The minimum atomic E-state index is -0.605. The van der Waals surface area contributed by atoms with Crippen molar-refractivity contribution in [3.63, 3.8) is 0 Å². The van der Waals surface area contributed by atoms with E-state index in [0.29, 0.717) is 0 Å². The maximum absolute atomic E-state index is 13.2. The highest BCUT2D eigenvalue weighted by Crippen LogP contribution is 2.25. The van der Waals surface area contributed by atoms with Gasteiger partial charge in [-0.05, 0) is 12.1 Å². The van der Waals surface area contributed by atoms with Crippen LogP contribution >= 0.6 is 11.6 Å². The highest BCUT2D eigenvalue weighted by molar-refractivity contribution is 6.30. The lowest BCUT2D eigenvalue weighted by Crippen LogP contribution is -1.94. The molecular formula is C11H5ClFN3O. The lowest BCUT2D eigenvalue weighted by Gasteiger charge is -2.05. The Hall–Kier alpha value is -2.19. The van der Waals surface area contributed by atoms with Gasteiger partial charge in [-0.2, -0.15) is 5.26 Å².